The summed E-state index contributed by atoms with van der Waals surface area (Å²) >= 11 is 0. The Morgan fingerprint density at radius 1 is 1.27 bits per heavy atom. The molecule has 2 unspecified atom stereocenters. The summed E-state index contributed by atoms with van der Waals surface area (Å²) in [7, 11) is 0. The van der Waals surface area contributed by atoms with Crippen LogP contribution in [0.1, 0.15) is 45.4 Å². The number of rotatable bonds is 1. The summed E-state index contributed by atoms with van der Waals surface area (Å²) in [6.45, 7) is 3.34. The number of piperidine rings is 1. The van der Waals surface area contributed by atoms with Gasteiger partial charge in [-0.25, -0.2) is 0 Å². The zero-order valence-corrected chi connectivity index (χ0v) is 9.71. The van der Waals surface area contributed by atoms with E-state index in [1.165, 1.54) is 6.42 Å². The first kappa shape index (κ1) is 11.4. The summed E-state index contributed by atoms with van der Waals surface area (Å²) in [4.78, 5) is 0. The summed E-state index contributed by atoms with van der Waals surface area (Å²) in [6.07, 6.45) is 6.06. The van der Waals surface area contributed by atoms with Crippen molar-refractivity contribution < 1.29 is 5.11 Å². The van der Waals surface area contributed by atoms with Crippen molar-refractivity contribution in [3.8, 4) is 0 Å². The second kappa shape index (κ2) is 4.40. The summed E-state index contributed by atoms with van der Waals surface area (Å²) < 4.78 is 0. The monoisotopic (exact) mass is 212 g/mol. The first-order valence-electron chi connectivity index (χ1n) is 6.31. The van der Waals surface area contributed by atoms with Crippen LogP contribution in [0.25, 0.3) is 0 Å². The zero-order chi connectivity index (χ0) is 10.9. The lowest BCUT2D eigenvalue weighted by Gasteiger charge is -2.44. The summed E-state index contributed by atoms with van der Waals surface area (Å²) in [5.41, 5.74) is 5.40. The van der Waals surface area contributed by atoms with Gasteiger partial charge < -0.3 is 16.2 Å². The molecule has 1 aliphatic heterocycles. The lowest BCUT2D eigenvalue weighted by molar-refractivity contribution is -0.0457. The largest absolute Gasteiger partial charge is 0.388 e. The highest BCUT2D eigenvalue weighted by molar-refractivity contribution is 4.98. The summed E-state index contributed by atoms with van der Waals surface area (Å²) in [6, 6.07) is 0.611. The first-order valence-corrected chi connectivity index (χ1v) is 6.31. The van der Waals surface area contributed by atoms with E-state index in [9.17, 15) is 5.11 Å². The van der Waals surface area contributed by atoms with Crippen LogP contribution >= 0.6 is 0 Å². The molecule has 0 aromatic carbocycles. The van der Waals surface area contributed by atoms with Crippen molar-refractivity contribution in [2.24, 2.45) is 11.7 Å². The molecule has 2 fully saturated rings. The van der Waals surface area contributed by atoms with Gasteiger partial charge in [-0.2, -0.15) is 0 Å². The Bertz CT molecular complexity index is 212. The molecule has 4 N–H and O–H groups in total. The molecule has 0 aromatic rings. The Morgan fingerprint density at radius 3 is 2.53 bits per heavy atom. The summed E-state index contributed by atoms with van der Waals surface area (Å²) in [5.74, 6) is 0.746. The van der Waals surface area contributed by atoms with Crippen LogP contribution in [0.3, 0.4) is 0 Å². The van der Waals surface area contributed by atoms with E-state index < -0.39 is 5.60 Å². The lowest BCUT2D eigenvalue weighted by atomic mass is 9.74. The van der Waals surface area contributed by atoms with Gasteiger partial charge in [-0.05, 0) is 51.0 Å². The maximum Gasteiger partial charge on any atom is 0.0801 e. The van der Waals surface area contributed by atoms with Crippen molar-refractivity contribution in [2.75, 3.05) is 6.54 Å². The fraction of sp³-hybridized carbons (Fsp3) is 1.00. The Morgan fingerprint density at radius 2 is 1.93 bits per heavy atom. The van der Waals surface area contributed by atoms with Crippen molar-refractivity contribution in [3.05, 3.63) is 0 Å². The molecule has 3 heteroatoms. The molecule has 15 heavy (non-hydrogen) atoms. The van der Waals surface area contributed by atoms with Gasteiger partial charge in [0.25, 0.3) is 0 Å². The highest BCUT2D eigenvalue weighted by Crippen LogP contribution is 2.34. The van der Waals surface area contributed by atoms with Crippen molar-refractivity contribution in [2.45, 2.75) is 63.1 Å². The van der Waals surface area contributed by atoms with Gasteiger partial charge >= 0.3 is 0 Å². The molecule has 1 saturated carbocycles. The van der Waals surface area contributed by atoms with Crippen LogP contribution in [0.15, 0.2) is 0 Å². The average Bonchev–Trinajstić information content (AvgIpc) is 2.23. The van der Waals surface area contributed by atoms with E-state index in [1.54, 1.807) is 0 Å². The van der Waals surface area contributed by atoms with Gasteiger partial charge in [0.15, 0.2) is 0 Å². The van der Waals surface area contributed by atoms with Gasteiger partial charge in [0.1, 0.15) is 0 Å². The number of hydrogen-bond acceptors (Lipinski definition) is 3. The molecule has 2 atom stereocenters. The number of hydrogen-bond donors (Lipinski definition) is 3. The van der Waals surface area contributed by atoms with E-state index in [0.717, 1.165) is 44.6 Å². The number of nitrogens with one attached hydrogen (secondary N) is 1. The average molecular weight is 212 g/mol. The molecule has 0 bridgehead atoms. The molecule has 1 aliphatic carbocycles. The number of aliphatic hydroxyl groups is 1. The van der Waals surface area contributed by atoms with Gasteiger partial charge in [-0.1, -0.05) is 6.92 Å². The minimum Gasteiger partial charge on any atom is -0.388 e. The van der Waals surface area contributed by atoms with Crippen LogP contribution in [0.4, 0.5) is 0 Å². The Labute approximate surface area is 92.4 Å². The number of nitrogens with two attached hydrogens (primary N) is 1. The zero-order valence-electron chi connectivity index (χ0n) is 9.71. The molecule has 2 rings (SSSR count). The third kappa shape index (κ3) is 2.52. The maximum absolute atomic E-state index is 10.6. The highest BCUT2D eigenvalue weighted by Gasteiger charge is 2.40. The fourth-order valence-corrected chi connectivity index (χ4v) is 3.01. The van der Waals surface area contributed by atoms with Crippen LogP contribution in [-0.2, 0) is 0 Å². The molecule has 0 aromatic heterocycles. The second-order valence-electron chi connectivity index (χ2n) is 5.58. The molecular weight excluding hydrogens is 188 g/mol. The van der Waals surface area contributed by atoms with Crippen LogP contribution < -0.4 is 11.1 Å². The van der Waals surface area contributed by atoms with Crippen molar-refractivity contribution in [1.82, 2.24) is 5.32 Å². The third-order valence-electron chi connectivity index (χ3n) is 4.21. The second-order valence-corrected chi connectivity index (χ2v) is 5.58. The third-order valence-corrected chi connectivity index (χ3v) is 4.21. The Hall–Kier alpha value is -0.120. The van der Waals surface area contributed by atoms with Crippen LogP contribution in [-0.4, -0.2) is 29.3 Å². The molecule has 1 heterocycles. The van der Waals surface area contributed by atoms with E-state index in [2.05, 4.69) is 12.2 Å². The van der Waals surface area contributed by atoms with Gasteiger partial charge in [-0.3, -0.25) is 0 Å². The van der Waals surface area contributed by atoms with E-state index in [4.69, 9.17) is 5.73 Å². The normalized spacial score (nSPS) is 47.8. The molecule has 0 amide bonds. The quantitative estimate of drug-likeness (QED) is 0.608. The molecule has 88 valence electrons. The minimum atomic E-state index is -0.482. The molecular formula is C12H24N2O. The highest BCUT2D eigenvalue weighted by atomic mass is 16.3. The molecule has 1 saturated heterocycles. The Balaban J connectivity index is 1.95. The van der Waals surface area contributed by atoms with Crippen LogP contribution in [0, 0.1) is 5.92 Å². The van der Waals surface area contributed by atoms with E-state index in [1.807, 2.05) is 0 Å². The van der Waals surface area contributed by atoms with Gasteiger partial charge in [0.2, 0.25) is 0 Å². The molecule has 3 nitrogen and oxygen atoms in total. The van der Waals surface area contributed by atoms with Crippen LogP contribution in [0.2, 0.25) is 0 Å². The summed E-state index contributed by atoms with van der Waals surface area (Å²) in [5, 5.41) is 14.1. The van der Waals surface area contributed by atoms with Gasteiger partial charge in [-0.15, -0.1) is 0 Å². The predicted octanol–water partition coefficient (Wildman–Crippen LogP) is 1.01. The smallest absolute Gasteiger partial charge is 0.0801 e. The molecule has 2 aliphatic rings. The van der Waals surface area contributed by atoms with E-state index >= 15 is 0 Å². The predicted molar refractivity (Wildman–Crippen MR) is 61.6 cm³/mol. The van der Waals surface area contributed by atoms with Crippen molar-refractivity contribution >= 4 is 0 Å². The minimum absolute atomic E-state index is 0.300. The molecule has 0 spiro atoms. The van der Waals surface area contributed by atoms with Gasteiger partial charge in [0.05, 0.1) is 5.60 Å². The first-order chi connectivity index (χ1) is 7.10. The lowest BCUT2D eigenvalue weighted by Crippen LogP contribution is -2.56. The Kier molecular flexibility index (Phi) is 3.33. The van der Waals surface area contributed by atoms with E-state index in [-0.39, 0.29) is 0 Å². The fourth-order valence-electron chi connectivity index (χ4n) is 3.01. The van der Waals surface area contributed by atoms with Gasteiger partial charge in [0, 0.05) is 12.1 Å². The molecule has 0 radical (unpaired) electrons. The SMILES string of the molecule is CC1CCNC(C2(O)CCC(N)CC2)C1. The maximum atomic E-state index is 10.6. The van der Waals surface area contributed by atoms with Crippen molar-refractivity contribution in [3.63, 3.8) is 0 Å². The topological polar surface area (TPSA) is 58.3 Å². The van der Waals surface area contributed by atoms with E-state index in [0.29, 0.717) is 12.1 Å². The standard InChI is InChI=1S/C12H24N2O/c1-9-4-7-14-11(8-9)12(15)5-2-10(13)3-6-12/h9-11,14-15H,2-8,13H2,1H3. The van der Waals surface area contributed by atoms with Crippen LogP contribution in [0.5, 0.6) is 0 Å². The van der Waals surface area contributed by atoms with Crippen molar-refractivity contribution in [1.29, 1.82) is 0 Å².